The number of benzene rings is 1. The second-order valence-electron chi connectivity index (χ2n) is 3.84. The Balaban J connectivity index is 2.45. The molecule has 0 aliphatic carbocycles. The fourth-order valence-corrected chi connectivity index (χ4v) is 1.86. The summed E-state index contributed by atoms with van der Waals surface area (Å²) < 4.78 is 67.8. The normalized spacial score (nSPS) is 11.5. The maximum atomic E-state index is 13.7. The van der Waals surface area contributed by atoms with Crippen molar-refractivity contribution in [3.63, 3.8) is 0 Å². The number of alkyl halides is 3. The van der Waals surface area contributed by atoms with Crippen LogP contribution in [-0.4, -0.2) is 10.5 Å². The van der Waals surface area contributed by atoms with E-state index in [0.717, 1.165) is 30.5 Å². The molecule has 0 saturated carbocycles. The Labute approximate surface area is 120 Å². The van der Waals surface area contributed by atoms with Gasteiger partial charge in [0.25, 0.3) is 0 Å². The van der Waals surface area contributed by atoms with Crippen molar-refractivity contribution < 1.29 is 26.1 Å². The fraction of sp³-hybridized carbons (Fsp3) is 0.0833. The Kier molecular flexibility index (Phi) is 4.21. The topological polar surface area (TPSA) is 48.1 Å². The molecule has 0 radical (unpaired) electrons. The van der Waals surface area contributed by atoms with Gasteiger partial charge in [-0.3, -0.25) is 0 Å². The van der Waals surface area contributed by atoms with E-state index in [9.17, 15) is 22.0 Å². The van der Waals surface area contributed by atoms with E-state index in [2.05, 4.69) is 9.17 Å². The molecule has 1 aromatic heterocycles. The van der Waals surface area contributed by atoms with Crippen molar-refractivity contribution in [1.82, 2.24) is 4.98 Å². The number of nitrogens with two attached hydrogens (primary N) is 1. The van der Waals surface area contributed by atoms with Crippen LogP contribution in [0.4, 0.5) is 27.8 Å². The number of nitrogens with zero attached hydrogens (tertiary/aromatic N) is 1. The summed E-state index contributed by atoms with van der Waals surface area (Å²) in [5.41, 5.74) is 0.521. The molecule has 3 nitrogen and oxygen atoms in total. The molecular weight excluding hydrogens is 315 g/mol. The molecule has 0 saturated heterocycles. The molecule has 0 amide bonds. The number of aromatic nitrogens is 1. The molecule has 0 atom stereocenters. The predicted molar refractivity (Wildman–Crippen MR) is 68.3 cm³/mol. The van der Waals surface area contributed by atoms with Gasteiger partial charge in [0.05, 0.1) is 6.20 Å². The molecule has 0 bridgehead atoms. The largest absolute Gasteiger partial charge is 0.479 e. The first-order valence-electron chi connectivity index (χ1n) is 5.39. The highest BCUT2D eigenvalue weighted by Gasteiger charge is 2.32. The van der Waals surface area contributed by atoms with Crippen LogP contribution in [0.15, 0.2) is 30.5 Å². The summed E-state index contributed by atoms with van der Waals surface area (Å²) in [6.45, 7) is 0. The summed E-state index contributed by atoms with van der Waals surface area (Å²) in [7, 11) is 0. The molecule has 1 aromatic carbocycles. The summed E-state index contributed by atoms with van der Waals surface area (Å²) in [5, 5.41) is 0. The number of anilines is 1. The number of hydrogen-bond acceptors (Lipinski definition) is 4. The smallest absolute Gasteiger partial charge is 0.416 e. The molecular formula is C12H7F5N2OS. The van der Waals surface area contributed by atoms with Gasteiger partial charge in [0, 0.05) is 17.2 Å². The zero-order valence-electron chi connectivity index (χ0n) is 10.1. The van der Waals surface area contributed by atoms with E-state index in [4.69, 9.17) is 5.73 Å². The molecule has 2 aromatic rings. The average molecular weight is 322 g/mol. The Morgan fingerprint density at radius 1 is 1.10 bits per heavy atom. The fourth-order valence-electron chi connectivity index (χ4n) is 1.54. The number of nitrogen functional groups attached to an aromatic ring is 1. The lowest BCUT2D eigenvalue weighted by molar-refractivity contribution is -0.0369. The molecule has 112 valence electrons. The van der Waals surface area contributed by atoms with Crippen molar-refractivity contribution >= 4 is 17.9 Å². The standard InChI is InChI=1S/C12H7F5N2OS/c13-6-1-2-7(8-4-11(18)19-5-9(8)14)10(3-6)20-21-12(15,16)17/h1-5H,(H2,18,19). The Bertz CT molecular complexity index is 663. The third-order valence-electron chi connectivity index (χ3n) is 2.34. The second-order valence-corrected chi connectivity index (χ2v) is 4.64. The van der Waals surface area contributed by atoms with Gasteiger partial charge in [0.15, 0.2) is 12.0 Å². The quantitative estimate of drug-likeness (QED) is 0.681. The minimum atomic E-state index is -4.68. The van der Waals surface area contributed by atoms with Crippen molar-refractivity contribution in [2.24, 2.45) is 0 Å². The number of pyridine rings is 1. The van der Waals surface area contributed by atoms with Gasteiger partial charge in [-0.05, 0) is 18.2 Å². The van der Waals surface area contributed by atoms with E-state index in [1.165, 1.54) is 0 Å². The van der Waals surface area contributed by atoms with Crippen molar-refractivity contribution in [2.75, 3.05) is 5.73 Å². The lowest BCUT2D eigenvalue weighted by Crippen LogP contribution is -2.03. The molecule has 2 N–H and O–H groups in total. The highest BCUT2D eigenvalue weighted by molar-refractivity contribution is 7.95. The van der Waals surface area contributed by atoms with E-state index in [-0.39, 0.29) is 16.9 Å². The lowest BCUT2D eigenvalue weighted by Gasteiger charge is -2.12. The van der Waals surface area contributed by atoms with Crippen LogP contribution in [0.3, 0.4) is 0 Å². The van der Waals surface area contributed by atoms with E-state index in [0.29, 0.717) is 0 Å². The van der Waals surface area contributed by atoms with Gasteiger partial charge in [0.1, 0.15) is 23.2 Å². The van der Waals surface area contributed by atoms with Crippen LogP contribution in [0.1, 0.15) is 0 Å². The Morgan fingerprint density at radius 2 is 1.81 bits per heavy atom. The van der Waals surface area contributed by atoms with Crippen LogP contribution in [0.2, 0.25) is 0 Å². The van der Waals surface area contributed by atoms with Crippen LogP contribution in [0.5, 0.6) is 5.75 Å². The molecule has 2 rings (SSSR count). The first-order valence-corrected chi connectivity index (χ1v) is 6.14. The summed E-state index contributed by atoms with van der Waals surface area (Å²) in [6.07, 6.45) is 0.814. The Hall–Kier alpha value is -2.03. The van der Waals surface area contributed by atoms with Gasteiger partial charge in [0.2, 0.25) is 0 Å². The molecule has 0 aliphatic heterocycles. The van der Waals surface area contributed by atoms with Gasteiger partial charge < -0.3 is 9.92 Å². The highest BCUT2D eigenvalue weighted by atomic mass is 32.2. The first-order chi connectivity index (χ1) is 9.76. The molecule has 21 heavy (non-hydrogen) atoms. The first kappa shape index (κ1) is 15.4. The highest BCUT2D eigenvalue weighted by Crippen LogP contribution is 2.38. The van der Waals surface area contributed by atoms with Gasteiger partial charge in [-0.2, -0.15) is 13.2 Å². The van der Waals surface area contributed by atoms with Gasteiger partial charge in [-0.15, -0.1) is 0 Å². The van der Waals surface area contributed by atoms with E-state index >= 15 is 0 Å². The van der Waals surface area contributed by atoms with Crippen molar-refractivity contribution in [1.29, 1.82) is 0 Å². The summed E-state index contributed by atoms with van der Waals surface area (Å²) in [5.74, 6) is -2.15. The minimum Gasteiger partial charge on any atom is -0.416 e. The van der Waals surface area contributed by atoms with Gasteiger partial charge in [-0.25, -0.2) is 13.8 Å². The number of hydrogen-bond donors (Lipinski definition) is 1. The van der Waals surface area contributed by atoms with Crippen LogP contribution >= 0.6 is 12.0 Å². The molecule has 0 fully saturated rings. The van der Waals surface area contributed by atoms with E-state index in [1.807, 2.05) is 0 Å². The third kappa shape index (κ3) is 3.97. The summed E-state index contributed by atoms with van der Waals surface area (Å²) >= 11 is -0.822. The van der Waals surface area contributed by atoms with E-state index in [1.54, 1.807) is 0 Å². The monoisotopic (exact) mass is 322 g/mol. The molecule has 1 heterocycles. The third-order valence-corrected chi connectivity index (χ3v) is 2.79. The number of halogens is 5. The van der Waals surface area contributed by atoms with Crippen molar-refractivity contribution in [2.45, 2.75) is 5.51 Å². The maximum Gasteiger partial charge on any atom is 0.479 e. The van der Waals surface area contributed by atoms with Crippen molar-refractivity contribution in [3.05, 3.63) is 42.1 Å². The SMILES string of the molecule is Nc1cc(-c2ccc(F)cc2OSC(F)(F)F)c(F)cn1. The average Bonchev–Trinajstić information content (AvgIpc) is 2.39. The van der Waals surface area contributed by atoms with Gasteiger partial charge >= 0.3 is 5.51 Å². The summed E-state index contributed by atoms with van der Waals surface area (Å²) in [6, 6.07) is 3.91. The Morgan fingerprint density at radius 3 is 2.48 bits per heavy atom. The van der Waals surface area contributed by atoms with Crippen molar-refractivity contribution in [3.8, 4) is 16.9 Å². The van der Waals surface area contributed by atoms with Crippen LogP contribution in [0.25, 0.3) is 11.1 Å². The van der Waals surface area contributed by atoms with E-state index < -0.39 is 34.9 Å². The predicted octanol–water partition coefficient (Wildman–Crippen LogP) is 4.16. The minimum absolute atomic E-state index is 0.0369. The maximum absolute atomic E-state index is 13.7. The van der Waals surface area contributed by atoms with Gasteiger partial charge in [-0.1, -0.05) is 0 Å². The summed E-state index contributed by atoms with van der Waals surface area (Å²) in [4.78, 5) is 3.50. The molecule has 0 aliphatic rings. The molecule has 9 heteroatoms. The molecule has 0 spiro atoms. The van der Waals surface area contributed by atoms with Crippen LogP contribution in [-0.2, 0) is 0 Å². The van der Waals surface area contributed by atoms with Crippen LogP contribution in [0, 0.1) is 11.6 Å². The number of rotatable bonds is 3. The molecule has 0 unspecified atom stereocenters. The second kappa shape index (κ2) is 5.76. The lowest BCUT2D eigenvalue weighted by atomic mass is 10.1. The van der Waals surface area contributed by atoms with Crippen LogP contribution < -0.4 is 9.92 Å². The zero-order valence-corrected chi connectivity index (χ0v) is 10.9. The zero-order chi connectivity index (χ0) is 15.6.